The molecule has 3 aromatic rings. The second-order valence-electron chi connectivity index (χ2n) is 7.16. The van der Waals surface area contributed by atoms with Gasteiger partial charge in [-0.25, -0.2) is 0 Å². The molecule has 1 heterocycles. The van der Waals surface area contributed by atoms with Crippen LogP contribution in [0.4, 0.5) is 11.4 Å². The van der Waals surface area contributed by atoms with E-state index in [4.69, 9.17) is 16.3 Å². The summed E-state index contributed by atoms with van der Waals surface area (Å²) in [6.07, 6.45) is 0. The molecule has 0 spiro atoms. The van der Waals surface area contributed by atoms with Gasteiger partial charge >= 0.3 is 0 Å². The van der Waals surface area contributed by atoms with Gasteiger partial charge in [0.05, 0.1) is 32.8 Å². The molecule has 0 saturated carbocycles. The van der Waals surface area contributed by atoms with Crippen LogP contribution >= 0.6 is 27.5 Å². The highest BCUT2D eigenvalue weighted by molar-refractivity contribution is 9.10. The largest absolute Gasteiger partial charge is 0.495 e. The van der Waals surface area contributed by atoms with Crippen molar-refractivity contribution in [3.8, 4) is 5.75 Å². The lowest BCUT2D eigenvalue weighted by molar-refractivity contribution is -0.384. The maximum absolute atomic E-state index is 13.3. The first-order valence-corrected chi connectivity index (χ1v) is 10.8. The Hall–Kier alpha value is -2.84. The van der Waals surface area contributed by atoms with Gasteiger partial charge in [0.2, 0.25) is 0 Å². The van der Waals surface area contributed by atoms with Gasteiger partial charge in [0, 0.05) is 38.3 Å². The fourth-order valence-corrected chi connectivity index (χ4v) is 4.86. The molecule has 1 aliphatic heterocycles. The van der Waals surface area contributed by atoms with E-state index in [-0.39, 0.29) is 11.6 Å². The Morgan fingerprint density at radius 3 is 2.48 bits per heavy atom. The summed E-state index contributed by atoms with van der Waals surface area (Å²) in [5, 5.41) is 13.2. The number of methoxy groups -OCH3 is 1. The summed E-state index contributed by atoms with van der Waals surface area (Å²) in [6, 6.07) is 14.1. The predicted octanol–water partition coefficient (Wildman–Crippen LogP) is 5.13. The van der Waals surface area contributed by atoms with E-state index in [2.05, 4.69) is 15.9 Å². The topological polar surface area (TPSA) is 75.9 Å². The van der Waals surface area contributed by atoms with Gasteiger partial charge in [0.15, 0.2) is 0 Å². The SMILES string of the molecule is COc1c(C(=O)N2CCN(c3ccc([N+](=O)[O-])cc3Cl)CC2)cc2ccccc2c1Br. The van der Waals surface area contributed by atoms with Crippen LogP contribution in [-0.4, -0.2) is 49.0 Å². The van der Waals surface area contributed by atoms with Crippen molar-refractivity contribution in [1.29, 1.82) is 0 Å². The van der Waals surface area contributed by atoms with Gasteiger partial charge in [-0.2, -0.15) is 0 Å². The Balaban J connectivity index is 1.54. The summed E-state index contributed by atoms with van der Waals surface area (Å²) in [4.78, 5) is 27.6. The Bertz CT molecular complexity index is 1180. The third kappa shape index (κ3) is 4.05. The Morgan fingerprint density at radius 2 is 1.84 bits per heavy atom. The van der Waals surface area contributed by atoms with Crippen LogP contribution in [0.2, 0.25) is 5.02 Å². The molecule has 1 aliphatic rings. The van der Waals surface area contributed by atoms with Gasteiger partial charge < -0.3 is 14.5 Å². The minimum absolute atomic E-state index is 0.0449. The molecule has 7 nitrogen and oxygen atoms in total. The first-order chi connectivity index (χ1) is 14.9. The number of anilines is 1. The van der Waals surface area contributed by atoms with Gasteiger partial charge in [-0.05, 0) is 38.8 Å². The van der Waals surface area contributed by atoms with E-state index in [1.165, 1.54) is 12.1 Å². The van der Waals surface area contributed by atoms with Crippen LogP contribution in [0.5, 0.6) is 5.75 Å². The molecule has 4 rings (SSSR count). The Kier molecular flexibility index (Phi) is 6.02. The third-order valence-corrected chi connectivity index (χ3v) is 6.52. The average Bonchev–Trinajstić information content (AvgIpc) is 2.78. The first kappa shape index (κ1) is 21.4. The number of carbonyl (C=O) groups excluding carboxylic acids is 1. The number of hydrogen-bond acceptors (Lipinski definition) is 5. The number of nitro benzene ring substituents is 1. The molecule has 0 aromatic heterocycles. The molecule has 160 valence electrons. The number of carbonyl (C=O) groups is 1. The molecule has 1 saturated heterocycles. The van der Waals surface area contributed by atoms with E-state index in [1.807, 2.05) is 35.2 Å². The quantitative estimate of drug-likeness (QED) is 0.363. The minimum atomic E-state index is -0.471. The number of fused-ring (bicyclic) bond motifs is 1. The van der Waals surface area contributed by atoms with E-state index in [9.17, 15) is 14.9 Å². The molecular formula is C22H19BrClN3O4. The van der Waals surface area contributed by atoms with Gasteiger partial charge in [-0.3, -0.25) is 14.9 Å². The van der Waals surface area contributed by atoms with Crippen molar-refractivity contribution in [2.24, 2.45) is 0 Å². The zero-order chi connectivity index (χ0) is 22.1. The van der Waals surface area contributed by atoms with Gasteiger partial charge in [0.1, 0.15) is 5.75 Å². The molecule has 1 fully saturated rings. The van der Waals surface area contributed by atoms with E-state index < -0.39 is 4.92 Å². The summed E-state index contributed by atoms with van der Waals surface area (Å²) >= 11 is 9.85. The van der Waals surface area contributed by atoms with Crippen LogP contribution in [0.1, 0.15) is 10.4 Å². The second kappa shape index (κ2) is 8.72. The lowest BCUT2D eigenvalue weighted by Gasteiger charge is -2.36. The number of ether oxygens (including phenoxy) is 1. The number of rotatable bonds is 4. The number of hydrogen-bond donors (Lipinski definition) is 0. The van der Waals surface area contributed by atoms with Crippen LogP contribution in [0.3, 0.4) is 0 Å². The fraction of sp³-hybridized carbons (Fsp3) is 0.227. The minimum Gasteiger partial charge on any atom is -0.495 e. The van der Waals surface area contributed by atoms with Crippen molar-refractivity contribution in [1.82, 2.24) is 4.90 Å². The number of non-ortho nitro benzene ring substituents is 1. The normalized spacial score (nSPS) is 14.0. The molecule has 3 aromatic carbocycles. The maximum Gasteiger partial charge on any atom is 0.271 e. The van der Waals surface area contributed by atoms with Gasteiger partial charge in [-0.15, -0.1) is 0 Å². The van der Waals surface area contributed by atoms with Gasteiger partial charge in [0.25, 0.3) is 11.6 Å². The van der Waals surface area contributed by atoms with E-state index in [0.717, 1.165) is 20.9 Å². The van der Waals surface area contributed by atoms with Crippen molar-refractivity contribution in [3.05, 3.63) is 73.7 Å². The summed E-state index contributed by atoms with van der Waals surface area (Å²) in [7, 11) is 1.56. The highest BCUT2D eigenvalue weighted by atomic mass is 79.9. The van der Waals surface area contributed by atoms with E-state index in [0.29, 0.717) is 42.5 Å². The summed E-state index contributed by atoms with van der Waals surface area (Å²) < 4.78 is 6.31. The zero-order valence-electron chi connectivity index (χ0n) is 16.7. The van der Waals surface area contributed by atoms with Gasteiger partial charge in [-0.1, -0.05) is 35.9 Å². The highest BCUT2D eigenvalue weighted by Crippen LogP contribution is 2.37. The molecule has 0 aliphatic carbocycles. The van der Waals surface area contributed by atoms with Crippen LogP contribution in [0.15, 0.2) is 53.0 Å². The number of halogens is 2. The Morgan fingerprint density at radius 1 is 1.13 bits per heavy atom. The van der Waals surface area contributed by atoms with Crippen molar-refractivity contribution in [2.45, 2.75) is 0 Å². The van der Waals surface area contributed by atoms with Crippen molar-refractivity contribution in [2.75, 3.05) is 38.2 Å². The van der Waals surface area contributed by atoms with E-state index >= 15 is 0 Å². The molecule has 0 bridgehead atoms. The smallest absolute Gasteiger partial charge is 0.271 e. The molecule has 0 N–H and O–H groups in total. The lowest BCUT2D eigenvalue weighted by Crippen LogP contribution is -2.49. The van der Waals surface area contributed by atoms with Crippen molar-refractivity contribution < 1.29 is 14.5 Å². The summed E-state index contributed by atoms with van der Waals surface area (Å²) in [5.41, 5.74) is 1.19. The zero-order valence-corrected chi connectivity index (χ0v) is 19.0. The van der Waals surface area contributed by atoms with Crippen LogP contribution in [0, 0.1) is 10.1 Å². The van der Waals surface area contributed by atoms with Crippen molar-refractivity contribution >= 4 is 55.6 Å². The summed E-state index contributed by atoms with van der Waals surface area (Å²) in [5.74, 6) is 0.419. The third-order valence-electron chi connectivity index (χ3n) is 5.43. The molecule has 0 unspecified atom stereocenters. The second-order valence-corrected chi connectivity index (χ2v) is 8.36. The molecule has 9 heteroatoms. The molecule has 1 amide bonds. The fourth-order valence-electron chi connectivity index (χ4n) is 3.83. The van der Waals surface area contributed by atoms with Crippen molar-refractivity contribution in [3.63, 3.8) is 0 Å². The van der Waals surface area contributed by atoms with Crippen LogP contribution in [-0.2, 0) is 0 Å². The van der Waals surface area contributed by atoms with Crippen LogP contribution in [0.25, 0.3) is 10.8 Å². The lowest BCUT2D eigenvalue weighted by atomic mass is 10.0. The average molecular weight is 505 g/mol. The molecule has 0 atom stereocenters. The maximum atomic E-state index is 13.3. The highest BCUT2D eigenvalue weighted by Gasteiger charge is 2.27. The predicted molar refractivity (Wildman–Crippen MR) is 124 cm³/mol. The van der Waals surface area contributed by atoms with E-state index in [1.54, 1.807) is 18.1 Å². The standard InChI is InChI=1S/C22H19BrClN3O4/c1-31-21-17(12-14-4-2-3-5-16(14)20(21)23)22(28)26-10-8-25(9-11-26)19-7-6-15(27(29)30)13-18(19)24/h2-7,12-13H,8-11H2,1H3. The first-order valence-electron chi connectivity index (χ1n) is 9.64. The number of piperazine rings is 1. The summed E-state index contributed by atoms with van der Waals surface area (Å²) in [6.45, 7) is 2.14. The number of benzene rings is 3. The molecular weight excluding hydrogens is 486 g/mol. The Labute approximate surface area is 192 Å². The monoisotopic (exact) mass is 503 g/mol. The number of nitrogens with zero attached hydrogens (tertiary/aromatic N) is 3. The number of amides is 1. The van der Waals surface area contributed by atoms with Crippen LogP contribution < -0.4 is 9.64 Å². The number of nitro groups is 1. The molecule has 31 heavy (non-hydrogen) atoms. The molecule has 0 radical (unpaired) electrons.